The molecule has 0 aliphatic carbocycles. The zero-order valence-electron chi connectivity index (χ0n) is 12.0. The first kappa shape index (κ1) is 16.1. The minimum atomic E-state index is -0.339. The van der Waals surface area contributed by atoms with Gasteiger partial charge < -0.3 is 10.6 Å². The maximum atomic E-state index is 12.3. The number of hydrogen-bond acceptors (Lipinski definition) is 3. The largest absolute Gasteiger partial charge is 0.375 e. The van der Waals surface area contributed by atoms with Gasteiger partial charge in [0.1, 0.15) is 0 Å². The van der Waals surface area contributed by atoms with E-state index in [1.807, 2.05) is 37.3 Å². The van der Waals surface area contributed by atoms with Crippen LogP contribution in [0, 0.1) is 5.92 Å². The van der Waals surface area contributed by atoms with Crippen molar-refractivity contribution in [2.45, 2.75) is 13.3 Å². The van der Waals surface area contributed by atoms with E-state index in [-0.39, 0.29) is 16.9 Å². The molecule has 1 rings (SSSR count). The SMILES string of the molecule is CCC(C(=O)N(C)C)C(=NNC(N)=S)c1ccccc1. The highest BCUT2D eigenvalue weighted by atomic mass is 32.1. The Morgan fingerprint density at radius 3 is 2.45 bits per heavy atom. The van der Waals surface area contributed by atoms with Crippen LogP contribution in [0.4, 0.5) is 0 Å². The first-order valence-corrected chi connectivity index (χ1v) is 6.77. The number of carbonyl (C=O) groups excluding carboxylic acids is 1. The van der Waals surface area contributed by atoms with Crippen LogP contribution < -0.4 is 11.2 Å². The summed E-state index contributed by atoms with van der Waals surface area (Å²) in [5, 5.41) is 4.30. The summed E-state index contributed by atoms with van der Waals surface area (Å²) in [4.78, 5) is 13.8. The van der Waals surface area contributed by atoms with E-state index in [0.29, 0.717) is 12.1 Å². The van der Waals surface area contributed by atoms with E-state index in [1.54, 1.807) is 19.0 Å². The third-order valence-corrected chi connectivity index (χ3v) is 2.92. The average Bonchev–Trinajstić information content (AvgIpc) is 2.43. The Kier molecular flexibility index (Phi) is 6.11. The lowest BCUT2D eigenvalue weighted by Crippen LogP contribution is -2.36. The topological polar surface area (TPSA) is 70.7 Å². The van der Waals surface area contributed by atoms with E-state index in [1.165, 1.54) is 0 Å². The number of benzene rings is 1. The van der Waals surface area contributed by atoms with Crippen molar-refractivity contribution in [1.29, 1.82) is 0 Å². The first-order valence-electron chi connectivity index (χ1n) is 6.37. The molecule has 5 nitrogen and oxygen atoms in total. The fourth-order valence-electron chi connectivity index (χ4n) is 1.86. The zero-order chi connectivity index (χ0) is 15.1. The molecule has 0 bridgehead atoms. The Morgan fingerprint density at radius 1 is 1.40 bits per heavy atom. The van der Waals surface area contributed by atoms with E-state index in [4.69, 9.17) is 18.0 Å². The van der Waals surface area contributed by atoms with Gasteiger partial charge in [-0.25, -0.2) is 0 Å². The number of carbonyl (C=O) groups is 1. The molecule has 1 aromatic rings. The smallest absolute Gasteiger partial charge is 0.231 e. The third kappa shape index (κ3) is 4.31. The van der Waals surface area contributed by atoms with Crippen LogP contribution in [0.2, 0.25) is 0 Å². The summed E-state index contributed by atoms with van der Waals surface area (Å²) in [5.41, 5.74) is 9.51. The van der Waals surface area contributed by atoms with Crippen LogP contribution in [0.15, 0.2) is 35.4 Å². The van der Waals surface area contributed by atoms with Crippen molar-refractivity contribution in [3.8, 4) is 0 Å². The van der Waals surface area contributed by atoms with Crippen molar-refractivity contribution in [2.75, 3.05) is 14.1 Å². The summed E-state index contributed by atoms with van der Waals surface area (Å²) in [7, 11) is 3.46. The van der Waals surface area contributed by atoms with Gasteiger partial charge in [-0.2, -0.15) is 5.10 Å². The van der Waals surface area contributed by atoms with Crippen molar-refractivity contribution in [3.63, 3.8) is 0 Å². The van der Waals surface area contributed by atoms with Gasteiger partial charge in [0.25, 0.3) is 0 Å². The Morgan fingerprint density at radius 2 is 2.00 bits per heavy atom. The van der Waals surface area contributed by atoms with E-state index in [9.17, 15) is 4.79 Å². The van der Waals surface area contributed by atoms with Crippen LogP contribution in [0.25, 0.3) is 0 Å². The number of rotatable bonds is 5. The number of thiocarbonyl (C=S) groups is 1. The van der Waals surface area contributed by atoms with Gasteiger partial charge in [0, 0.05) is 14.1 Å². The lowest BCUT2D eigenvalue weighted by molar-refractivity contribution is -0.130. The molecule has 6 heteroatoms. The number of amides is 1. The molecule has 0 aliphatic heterocycles. The molecule has 0 aliphatic rings. The molecule has 1 atom stereocenters. The van der Waals surface area contributed by atoms with Gasteiger partial charge in [-0.05, 0) is 24.2 Å². The van der Waals surface area contributed by atoms with Crippen molar-refractivity contribution >= 4 is 28.9 Å². The molecule has 0 saturated heterocycles. The highest BCUT2D eigenvalue weighted by Crippen LogP contribution is 2.15. The summed E-state index contributed by atoms with van der Waals surface area (Å²) in [6, 6.07) is 9.53. The Hall–Kier alpha value is -1.95. The minimum Gasteiger partial charge on any atom is -0.375 e. The van der Waals surface area contributed by atoms with Crippen LogP contribution in [0.5, 0.6) is 0 Å². The van der Waals surface area contributed by atoms with Gasteiger partial charge in [0.15, 0.2) is 5.11 Å². The molecule has 20 heavy (non-hydrogen) atoms. The minimum absolute atomic E-state index is 0.000146. The van der Waals surface area contributed by atoms with Crippen molar-refractivity contribution in [1.82, 2.24) is 10.3 Å². The molecule has 0 radical (unpaired) electrons. The second kappa shape index (κ2) is 7.59. The molecule has 0 spiro atoms. The zero-order valence-corrected chi connectivity index (χ0v) is 12.8. The molecule has 0 aromatic heterocycles. The lowest BCUT2D eigenvalue weighted by Gasteiger charge is -2.21. The number of nitrogens with two attached hydrogens (primary N) is 1. The van der Waals surface area contributed by atoms with Gasteiger partial charge in [0.2, 0.25) is 5.91 Å². The van der Waals surface area contributed by atoms with Gasteiger partial charge in [-0.15, -0.1) is 0 Å². The second-order valence-corrected chi connectivity index (χ2v) is 4.97. The van der Waals surface area contributed by atoms with Gasteiger partial charge >= 0.3 is 0 Å². The van der Waals surface area contributed by atoms with E-state index < -0.39 is 0 Å². The Balaban J connectivity index is 3.19. The normalized spacial score (nSPS) is 12.7. The number of hydrogen-bond donors (Lipinski definition) is 2. The molecular formula is C14H20N4OS. The molecular weight excluding hydrogens is 272 g/mol. The predicted molar refractivity (Wildman–Crippen MR) is 85.4 cm³/mol. The summed E-state index contributed by atoms with van der Waals surface area (Å²) in [6.07, 6.45) is 0.643. The standard InChI is InChI=1S/C14H20N4OS/c1-4-11(13(19)18(2)3)12(16-17-14(15)20)10-8-6-5-7-9-10/h5-9,11H,4H2,1-3H3,(H3,15,17,20). The maximum Gasteiger partial charge on any atom is 0.231 e. The van der Waals surface area contributed by atoms with Crippen molar-refractivity contribution < 1.29 is 4.79 Å². The van der Waals surface area contributed by atoms with Gasteiger partial charge in [0.05, 0.1) is 11.6 Å². The first-order chi connectivity index (χ1) is 9.47. The highest BCUT2D eigenvalue weighted by molar-refractivity contribution is 7.80. The van der Waals surface area contributed by atoms with Crippen LogP contribution in [0.3, 0.4) is 0 Å². The second-order valence-electron chi connectivity index (χ2n) is 4.53. The maximum absolute atomic E-state index is 12.3. The van der Waals surface area contributed by atoms with Crippen molar-refractivity contribution in [2.24, 2.45) is 16.8 Å². The summed E-state index contributed by atoms with van der Waals surface area (Å²) in [5.74, 6) is -0.339. The Labute approximate surface area is 124 Å². The lowest BCUT2D eigenvalue weighted by atomic mass is 9.93. The predicted octanol–water partition coefficient (Wildman–Crippen LogP) is 1.34. The van der Waals surface area contributed by atoms with Gasteiger partial charge in [-0.3, -0.25) is 10.2 Å². The van der Waals surface area contributed by atoms with E-state index in [0.717, 1.165) is 5.56 Å². The summed E-state index contributed by atoms with van der Waals surface area (Å²) < 4.78 is 0. The fourth-order valence-corrected chi connectivity index (χ4v) is 1.91. The molecule has 0 heterocycles. The fraction of sp³-hybridized carbons (Fsp3) is 0.357. The third-order valence-electron chi connectivity index (χ3n) is 2.83. The number of nitrogens with zero attached hydrogens (tertiary/aromatic N) is 2. The Bertz CT molecular complexity index is 499. The van der Waals surface area contributed by atoms with Crippen LogP contribution in [-0.2, 0) is 4.79 Å². The number of hydrazone groups is 1. The monoisotopic (exact) mass is 292 g/mol. The van der Waals surface area contributed by atoms with E-state index >= 15 is 0 Å². The molecule has 3 N–H and O–H groups in total. The summed E-state index contributed by atoms with van der Waals surface area (Å²) in [6.45, 7) is 1.95. The van der Waals surface area contributed by atoms with Crippen molar-refractivity contribution in [3.05, 3.63) is 35.9 Å². The molecule has 108 valence electrons. The molecule has 0 fully saturated rings. The van der Waals surface area contributed by atoms with Crippen LogP contribution >= 0.6 is 12.2 Å². The number of nitrogens with one attached hydrogen (secondary N) is 1. The van der Waals surface area contributed by atoms with Gasteiger partial charge in [-0.1, -0.05) is 37.3 Å². The molecule has 1 aromatic carbocycles. The van der Waals surface area contributed by atoms with Crippen LogP contribution in [0.1, 0.15) is 18.9 Å². The van der Waals surface area contributed by atoms with Crippen LogP contribution in [-0.4, -0.2) is 35.7 Å². The van der Waals surface area contributed by atoms with E-state index in [2.05, 4.69) is 10.5 Å². The molecule has 0 saturated carbocycles. The average molecular weight is 292 g/mol. The quantitative estimate of drug-likeness (QED) is 0.488. The highest BCUT2D eigenvalue weighted by Gasteiger charge is 2.25. The molecule has 1 amide bonds. The molecule has 1 unspecified atom stereocenters. The summed E-state index contributed by atoms with van der Waals surface area (Å²) >= 11 is 4.77.